The summed E-state index contributed by atoms with van der Waals surface area (Å²) in [4.78, 5) is 32.3. The van der Waals surface area contributed by atoms with E-state index in [1.165, 1.54) is 135 Å². The van der Waals surface area contributed by atoms with Crippen LogP contribution in [0.15, 0.2) is 414 Å². The SMILES string of the molecule is c1ccc(-c2ccc(-c3cc(-c4ccccc4)nc(-c4ccc5c(c4)-c4ccccc4C54c5ccc6ccccc6c5Sc5c4ccc4ccc(-c6ccc(-c7nc(-c8ccc(-c9ccccc9)cc8)nc(-c8ccc9c(c8)-c8ccccc8C98c9ccc%10ccccc%10c9Sc9c8ccc8ccccc98)n7)cc6)cc54)n3)cc2)cc1. The lowest BCUT2D eigenvalue weighted by molar-refractivity contribution is 0.729. The van der Waals surface area contributed by atoms with Crippen LogP contribution in [-0.4, -0.2) is 24.9 Å². The van der Waals surface area contributed by atoms with E-state index in [4.69, 9.17) is 24.9 Å². The number of hydrogen-bond donors (Lipinski definition) is 0. The van der Waals surface area contributed by atoms with Crippen molar-refractivity contribution in [1.82, 2.24) is 24.9 Å². The zero-order valence-corrected chi connectivity index (χ0v) is 64.2. The summed E-state index contributed by atoms with van der Waals surface area (Å²) in [6.45, 7) is 0. The second-order valence-electron chi connectivity index (χ2n) is 30.8. The Labute approximate surface area is 679 Å². The summed E-state index contributed by atoms with van der Waals surface area (Å²) < 4.78 is 0. The number of hydrogen-bond acceptors (Lipinski definition) is 7. The molecule has 2 aliphatic heterocycles. The molecule has 0 fully saturated rings. The standard InChI is InChI=1S/C109H65N5S2/c1-4-20-66(21-5-1)68-36-43-76(44-37-68)99-65-98(75-27-8-3-9-28-75)110-106(111-99)80-54-56-93-88(63-80)85-32-17-19-35-91(85)109(93)96-60-52-73-26-12-15-31-84(73)102(96)116-103-87-62-79(49-42-74(87)53-61-97(103)109)70-40-47-78(48-41-70)105-112-104(77-45-38-69(39-46-77)67-22-6-2-7-23-67)113-107(114-105)81-55-57-92-89(64-81)86-33-16-18-34-90(86)108(92)94-58-50-71-24-10-13-29-82(71)100(94)115-101-83-30-14-11-25-72(83)51-59-95(101)108/h1-65H. The minimum Gasteiger partial charge on any atom is -0.228 e. The highest BCUT2D eigenvalue weighted by molar-refractivity contribution is 8.00. The van der Waals surface area contributed by atoms with Gasteiger partial charge in [-0.25, -0.2) is 24.9 Å². The number of aromatic nitrogens is 5. The molecule has 4 aliphatic rings. The molecule has 538 valence electrons. The van der Waals surface area contributed by atoms with Gasteiger partial charge in [-0.15, -0.1) is 0 Å². The van der Waals surface area contributed by atoms with Crippen LogP contribution in [0.2, 0.25) is 0 Å². The van der Waals surface area contributed by atoms with E-state index in [-0.39, 0.29) is 0 Å². The average Bonchev–Trinajstić information content (AvgIpc) is 1.47. The third-order valence-corrected chi connectivity index (χ3v) is 27.3. The van der Waals surface area contributed by atoms with E-state index >= 15 is 0 Å². The lowest BCUT2D eigenvalue weighted by Crippen LogP contribution is -2.32. The molecule has 1 unspecified atom stereocenters. The van der Waals surface area contributed by atoms with Crippen LogP contribution in [-0.2, 0) is 10.8 Å². The van der Waals surface area contributed by atoms with Gasteiger partial charge in [0.05, 0.1) is 22.2 Å². The van der Waals surface area contributed by atoms with Gasteiger partial charge in [0, 0.05) is 53.0 Å². The Bertz CT molecular complexity index is 7410. The van der Waals surface area contributed by atoms with E-state index in [0.717, 1.165) is 72.6 Å². The molecule has 24 rings (SSSR count). The first-order valence-corrected chi connectivity index (χ1v) is 41.2. The van der Waals surface area contributed by atoms with E-state index in [1.54, 1.807) is 0 Å². The maximum atomic E-state index is 5.51. The fraction of sp³-hybridized carbons (Fsp3) is 0.0183. The summed E-state index contributed by atoms with van der Waals surface area (Å²) in [5.41, 5.74) is 28.0. The molecule has 18 aromatic carbocycles. The molecule has 0 radical (unpaired) electrons. The van der Waals surface area contributed by atoms with Crippen LogP contribution in [0.3, 0.4) is 0 Å². The second-order valence-corrected chi connectivity index (χ2v) is 32.8. The van der Waals surface area contributed by atoms with Crippen molar-refractivity contribution in [2.45, 2.75) is 30.4 Å². The molecule has 0 saturated heterocycles. The number of fused-ring (bicyclic) bond motifs is 26. The van der Waals surface area contributed by atoms with Gasteiger partial charge in [0.25, 0.3) is 0 Å². The minimum atomic E-state index is -0.675. The number of rotatable bonds is 9. The van der Waals surface area contributed by atoms with Gasteiger partial charge in [-0.1, -0.05) is 394 Å². The van der Waals surface area contributed by atoms with Crippen molar-refractivity contribution in [2.75, 3.05) is 0 Å². The largest absolute Gasteiger partial charge is 0.228 e. The molecule has 2 spiro atoms. The molecule has 0 bridgehead atoms. The van der Waals surface area contributed by atoms with Crippen molar-refractivity contribution in [1.29, 1.82) is 0 Å². The highest BCUT2D eigenvalue weighted by Gasteiger charge is 2.53. The first-order chi connectivity index (χ1) is 57.4. The maximum absolute atomic E-state index is 5.51. The van der Waals surface area contributed by atoms with Crippen molar-refractivity contribution in [2.24, 2.45) is 0 Å². The molecule has 4 heterocycles. The number of benzene rings is 18. The van der Waals surface area contributed by atoms with Crippen LogP contribution in [0.5, 0.6) is 0 Å². The fourth-order valence-electron chi connectivity index (χ4n) is 19.3. The van der Waals surface area contributed by atoms with Crippen molar-refractivity contribution < 1.29 is 0 Å². The average molecular weight is 1510 g/mol. The molecular formula is C109H65N5S2. The van der Waals surface area contributed by atoms with Crippen LogP contribution < -0.4 is 0 Å². The van der Waals surface area contributed by atoms with Crippen molar-refractivity contribution >= 4 is 66.6 Å². The normalized spacial score (nSPS) is 14.2. The third kappa shape index (κ3) is 10.1. The molecule has 0 saturated carbocycles. The molecule has 1 atom stereocenters. The van der Waals surface area contributed by atoms with Gasteiger partial charge >= 0.3 is 0 Å². The van der Waals surface area contributed by atoms with Gasteiger partial charge in [0.15, 0.2) is 23.3 Å². The Balaban J connectivity index is 0.632. The quantitative estimate of drug-likeness (QED) is 0.143. The summed E-state index contributed by atoms with van der Waals surface area (Å²) in [7, 11) is 0. The van der Waals surface area contributed by atoms with Gasteiger partial charge in [0.1, 0.15) is 0 Å². The second kappa shape index (κ2) is 26.2. The Morgan fingerprint density at radius 3 is 0.879 bits per heavy atom. The van der Waals surface area contributed by atoms with E-state index in [0.29, 0.717) is 23.3 Å². The summed E-state index contributed by atoms with van der Waals surface area (Å²) in [5, 5.41) is 9.84. The van der Waals surface area contributed by atoms with Crippen LogP contribution >= 0.6 is 23.5 Å². The molecule has 20 aromatic rings. The summed E-state index contributed by atoms with van der Waals surface area (Å²) in [5.74, 6) is 2.48. The van der Waals surface area contributed by atoms with Gasteiger partial charge in [-0.3, -0.25) is 0 Å². The summed E-state index contributed by atoms with van der Waals surface area (Å²) in [6.07, 6.45) is 0. The smallest absolute Gasteiger partial charge is 0.164 e. The Kier molecular flexibility index (Phi) is 15.0. The molecular weight excluding hydrogens is 1440 g/mol. The van der Waals surface area contributed by atoms with Gasteiger partial charge in [0.2, 0.25) is 0 Å². The van der Waals surface area contributed by atoms with Gasteiger partial charge in [-0.2, -0.15) is 0 Å². The molecule has 2 aliphatic carbocycles. The fourth-order valence-corrected chi connectivity index (χ4v) is 22.2. The Hall–Kier alpha value is -14.2. The highest BCUT2D eigenvalue weighted by atomic mass is 32.2. The first kappa shape index (κ1) is 66.4. The Morgan fingerprint density at radius 2 is 0.440 bits per heavy atom. The zero-order valence-electron chi connectivity index (χ0n) is 62.6. The van der Waals surface area contributed by atoms with E-state index in [9.17, 15) is 0 Å². The van der Waals surface area contributed by atoms with Crippen molar-refractivity contribution in [3.05, 3.63) is 439 Å². The summed E-state index contributed by atoms with van der Waals surface area (Å²) in [6, 6.07) is 145. The van der Waals surface area contributed by atoms with Crippen LogP contribution in [0, 0.1) is 0 Å². The van der Waals surface area contributed by atoms with Crippen LogP contribution in [0.1, 0.15) is 44.5 Å². The monoisotopic (exact) mass is 1510 g/mol. The highest BCUT2D eigenvalue weighted by Crippen LogP contribution is 2.67. The molecule has 0 N–H and O–H groups in total. The predicted octanol–water partition coefficient (Wildman–Crippen LogP) is 27.9. The van der Waals surface area contributed by atoms with Gasteiger partial charge < -0.3 is 0 Å². The van der Waals surface area contributed by atoms with Crippen LogP contribution in [0.4, 0.5) is 0 Å². The molecule has 7 heteroatoms. The first-order valence-electron chi connectivity index (χ1n) is 39.6. The molecule has 5 nitrogen and oxygen atoms in total. The summed E-state index contributed by atoms with van der Waals surface area (Å²) >= 11 is 3.83. The van der Waals surface area contributed by atoms with E-state index in [1.807, 2.05) is 23.5 Å². The van der Waals surface area contributed by atoms with E-state index < -0.39 is 10.8 Å². The van der Waals surface area contributed by atoms with Crippen molar-refractivity contribution in [3.63, 3.8) is 0 Å². The predicted molar refractivity (Wildman–Crippen MR) is 477 cm³/mol. The third-order valence-electron chi connectivity index (χ3n) is 24.7. The van der Waals surface area contributed by atoms with Crippen molar-refractivity contribution in [3.8, 4) is 124 Å². The molecule has 0 amide bonds. The molecule has 2 aromatic heterocycles. The van der Waals surface area contributed by atoms with E-state index in [2.05, 4.69) is 394 Å². The molecule has 116 heavy (non-hydrogen) atoms. The lowest BCUT2D eigenvalue weighted by atomic mass is 9.66. The van der Waals surface area contributed by atoms with Crippen LogP contribution in [0.25, 0.3) is 167 Å². The minimum absolute atomic E-state index is 0.597. The number of nitrogens with zero attached hydrogens (tertiary/aromatic N) is 5. The zero-order chi connectivity index (χ0) is 76.2. The van der Waals surface area contributed by atoms with Gasteiger partial charge in [-0.05, 0) is 167 Å². The lowest BCUT2D eigenvalue weighted by Gasteiger charge is -2.40. The topological polar surface area (TPSA) is 64.5 Å². The Morgan fingerprint density at radius 1 is 0.164 bits per heavy atom. The maximum Gasteiger partial charge on any atom is 0.164 e.